The molecule has 3 aromatic rings. The second kappa shape index (κ2) is 14.7. The van der Waals surface area contributed by atoms with Gasteiger partial charge in [0.05, 0.1) is 0 Å². The lowest BCUT2D eigenvalue weighted by Crippen LogP contribution is -1.93. The molecule has 2 aromatic heterocycles. The molecule has 0 fully saturated rings. The van der Waals surface area contributed by atoms with Gasteiger partial charge in [0, 0.05) is 61.4 Å². The average molecular weight is 671 g/mol. The molecule has 1 aromatic carbocycles. The number of hydrogen-bond acceptors (Lipinski definition) is 6. The summed E-state index contributed by atoms with van der Waals surface area (Å²) in [5, 5.41) is 0. The van der Waals surface area contributed by atoms with Gasteiger partial charge in [0.2, 0.25) is 0 Å². The van der Waals surface area contributed by atoms with E-state index in [1.807, 2.05) is 22.7 Å². The molecule has 0 saturated carbocycles. The quantitative estimate of drug-likeness (QED) is 0.115. The Morgan fingerprint density at radius 2 is 0.833 bits per heavy atom. The first-order valence-electron chi connectivity index (χ1n) is 15.8. The molecule has 0 nitrogen and oxygen atoms in total. The van der Waals surface area contributed by atoms with Crippen LogP contribution >= 0.6 is 69.7 Å². The summed E-state index contributed by atoms with van der Waals surface area (Å²) in [5.74, 6) is 5.82. The number of fused-ring (bicyclic) bond motifs is 6. The Bertz CT molecular complexity index is 1350. The molecule has 2 aliphatic carbocycles. The maximum atomic E-state index is 2.61. The fourth-order valence-corrected chi connectivity index (χ4v) is 12.5. The van der Waals surface area contributed by atoms with Crippen LogP contribution in [0.15, 0.2) is 32.7 Å². The molecule has 2 heterocycles. The monoisotopic (exact) mass is 670 g/mol. The number of thioether (sulfide) groups is 4. The average Bonchev–Trinajstić information content (AvgIpc) is 3.72. The molecule has 5 rings (SSSR count). The van der Waals surface area contributed by atoms with E-state index >= 15 is 0 Å². The standard InChI is InChI=1S/C36H46S6/c1-9-13-37-35(38-14-10-2)31-23-17-26-24(18-25(23)33-27(31)19-29(41-33)21(5)6)32(36(39-15-11-3)40-16-12-4)28-20-30(22(7)8)42-34(26)28/h17-22H,9-16H2,1-8H3. The van der Waals surface area contributed by atoms with Crippen LogP contribution in [0.5, 0.6) is 0 Å². The predicted octanol–water partition coefficient (Wildman–Crippen LogP) is 14.0. The van der Waals surface area contributed by atoms with Crippen molar-refractivity contribution in [1.82, 2.24) is 0 Å². The summed E-state index contributed by atoms with van der Waals surface area (Å²) in [5.41, 5.74) is 11.9. The van der Waals surface area contributed by atoms with Crippen LogP contribution in [-0.2, 0) is 0 Å². The second-order valence-electron chi connectivity index (χ2n) is 11.8. The third-order valence-electron chi connectivity index (χ3n) is 7.52. The van der Waals surface area contributed by atoms with Crippen LogP contribution in [0.4, 0.5) is 0 Å². The van der Waals surface area contributed by atoms with Gasteiger partial charge in [-0.2, -0.15) is 0 Å². The minimum Gasteiger partial charge on any atom is -0.139 e. The summed E-state index contributed by atoms with van der Waals surface area (Å²) in [6.45, 7) is 18.6. The van der Waals surface area contributed by atoms with Gasteiger partial charge < -0.3 is 0 Å². The SMILES string of the molecule is CCCSC(SCCC)=C1c2cc3c(cc2-c2sc(C(C)C)cc21)C(=C(SCCC)SCCC)c1cc(C(C)C)sc1-3. The molecule has 0 spiro atoms. The van der Waals surface area contributed by atoms with Crippen molar-refractivity contribution in [2.75, 3.05) is 23.0 Å². The molecule has 0 saturated heterocycles. The van der Waals surface area contributed by atoms with Crippen molar-refractivity contribution in [3.8, 4) is 20.9 Å². The molecule has 0 bridgehead atoms. The Hall–Kier alpha value is -0.500. The first-order valence-corrected chi connectivity index (χ1v) is 21.4. The minimum atomic E-state index is 0.550. The van der Waals surface area contributed by atoms with Gasteiger partial charge in [-0.3, -0.25) is 0 Å². The highest BCUT2D eigenvalue weighted by molar-refractivity contribution is 8.22. The van der Waals surface area contributed by atoms with Crippen LogP contribution in [0, 0.1) is 0 Å². The first kappa shape index (κ1) is 32.9. The minimum absolute atomic E-state index is 0.550. The summed E-state index contributed by atoms with van der Waals surface area (Å²) in [6, 6.07) is 10.3. The van der Waals surface area contributed by atoms with Crippen molar-refractivity contribution in [2.45, 2.75) is 92.9 Å². The fourth-order valence-electron chi connectivity index (χ4n) is 5.43. The van der Waals surface area contributed by atoms with Gasteiger partial charge in [0.1, 0.15) is 0 Å². The van der Waals surface area contributed by atoms with Gasteiger partial charge in [-0.15, -0.1) is 69.7 Å². The molecule has 0 unspecified atom stereocenters. The molecule has 2 aliphatic rings. The normalized spacial score (nSPS) is 13.3. The van der Waals surface area contributed by atoms with Crippen LogP contribution < -0.4 is 0 Å². The van der Waals surface area contributed by atoms with Crippen molar-refractivity contribution >= 4 is 80.9 Å². The second-order valence-corrected chi connectivity index (χ2v) is 18.9. The van der Waals surface area contributed by atoms with E-state index in [1.54, 1.807) is 0 Å². The Morgan fingerprint density at radius 3 is 1.12 bits per heavy atom. The molecule has 0 radical (unpaired) electrons. The number of benzene rings is 1. The van der Waals surface area contributed by atoms with Crippen molar-refractivity contribution in [2.24, 2.45) is 0 Å². The summed E-state index contributed by atoms with van der Waals surface area (Å²) >= 11 is 12.4. The van der Waals surface area contributed by atoms with E-state index in [2.05, 4.69) is 127 Å². The first-order chi connectivity index (χ1) is 20.3. The predicted molar refractivity (Wildman–Crippen MR) is 204 cm³/mol. The molecule has 42 heavy (non-hydrogen) atoms. The smallest absolute Gasteiger partial charge is 0.0486 e. The van der Waals surface area contributed by atoms with Crippen molar-refractivity contribution in [3.05, 3.63) is 64.7 Å². The highest BCUT2D eigenvalue weighted by Gasteiger charge is 2.36. The molecule has 226 valence electrons. The topological polar surface area (TPSA) is 0 Å². The molecule has 6 heteroatoms. The maximum absolute atomic E-state index is 2.61. The Labute approximate surface area is 280 Å². The Morgan fingerprint density at radius 1 is 0.500 bits per heavy atom. The zero-order valence-electron chi connectivity index (χ0n) is 26.6. The van der Waals surface area contributed by atoms with E-state index in [-0.39, 0.29) is 0 Å². The number of hydrogen-bond donors (Lipinski definition) is 0. The number of thiophene rings is 2. The zero-order chi connectivity index (χ0) is 30.0. The molecular weight excluding hydrogens is 625 g/mol. The van der Waals surface area contributed by atoms with E-state index in [9.17, 15) is 0 Å². The van der Waals surface area contributed by atoms with Crippen molar-refractivity contribution in [3.63, 3.8) is 0 Å². The third kappa shape index (κ3) is 6.42. The van der Waals surface area contributed by atoms with Crippen molar-refractivity contribution in [1.29, 1.82) is 0 Å². The zero-order valence-corrected chi connectivity index (χ0v) is 31.5. The lowest BCUT2D eigenvalue weighted by molar-refractivity contribution is 0.889. The highest BCUT2D eigenvalue weighted by Crippen LogP contribution is 2.60. The molecule has 0 aliphatic heterocycles. The van der Waals surface area contributed by atoms with Crippen LogP contribution in [-0.4, -0.2) is 23.0 Å². The molecule has 0 N–H and O–H groups in total. The number of rotatable bonds is 14. The van der Waals surface area contributed by atoms with Gasteiger partial charge in [0.15, 0.2) is 0 Å². The third-order valence-corrected chi connectivity index (χ3v) is 16.2. The van der Waals surface area contributed by atoms with Crippen LogP contribution in [0.3, 0.4) is 0 Å². The van der Waals surface area contributed by atoms with Gasteiger partial charge in [-0.25, -0.2) is 0 Å². The van der Waals surface area contributed by atoms with Crippen molar-refractivity contribution < 1.29 is 0 Å². The van der Waals surface area contributed by atoms with Gasteiger partial charge in [-0.1, -0.05) is 55.4 Å². The maximum Gasteiger partial charge on any atom is 0.0486 e. The highest BCUT2D eigenvalue weighted by atomic mass is 32.2. The summed E-state index contributed by atoms with van der Waals surface area (Å²) in [7, 11) is 0. The van der Waals surface area contributed by atoms with E-state index in [0.717, 1.165) is 0 Å². The summed E-state index contributed by atoms with van der Waals surface area (Å²) < 4.78 is 3.07. The fraction of sp³-hybridized carbons (Fsp3) is 0.500. The summed E-state index contributed by atoms with van der Waals surface area (Å²) in [6.07, 6.45) is 4.82. The van der Waals surface area contributed by atoms with Crippen LogP contribution in [0.25, 0.3) is 32.0 Å². The van der Waals surface area contributed by atoms with E-state index in [0.29, 0.717) is 11.8 Å². The molecule has 0 amide bonds. The summed E-state index contributed by atoms with van der Waals surface area (Å²) in [4.78, 5) is 6.02. The molecular formula is C36H46S6. The van der Waals surface area contributed by atoms with E-state index < -0.39 is 0 Å². The van der Waals surface area contributed by atoms with Gasteiger partial charge in [0.25, 0.3) is 0 Å². The largest absolute Gasteiger partial charge is 0.139 e. The molecule has 0 atom stereocenters. The lowest BCUT2D eigenvalue weighted by atomic mass is 9.98. The van der Waals surface area contributed by atoms with Crippen LogP contribution in [0.1, 0.15) is 125 Å². The Kier molecular flexibility index (Phi) is 11.5. The lowest BCUT2D eigenvalue weighted by Gasteiger charge is -2.15. The van der Waals surface area contributed by atoms with E-state index in [1.165, 1.54) is 121 Å². The van der Waals surface area contributed by atoms with Gasteiger partial charge in [-0.05, 0) is 95.9 Å². The van der Waals surface area contributed by atoms with Gasteiger partial charge >= 0.3 is 0 Å². The van der Waals surface area contributed by atoms with E-state index in [4.69, 9.17) is 0 Å². The van der Waals surface area contributed by atoms with Crippen LogP contribution in [0.2, 0.25) is 0 Å². The Balaban J connectivity index is 1.80.